The fourth-order valence-corrected chi connectivity index (χ4v) is 11.9. The average Bonchev–Trinajstić information content (AvgIpc) is 3.35. The smallest absolute Gasteiger partial charge is 0.103 e. The van der Waals surface area contributed by atoms with E-state index in [0.717, 1.165) is 23.7 Å². The Kier molecular flexibility index (Phi) is 8.59. The molecule has 4 aliphatic carbocycles. The molecule has 6 unspecified atom stereocenters. The summed E-state index contributed by atoms with van der Waals surface area (Å²) < 4.78 is 0. The first-order valence-corrected chi connectivity index (χ1v) is 17.9. The van der Waals surface area contributed by atoms with E-state index in [1.54, 1.807) is 0 Å². The number of nitrogens with one attached hydrogen (secondary N) is 1. The van der Waals surface area contributed by atoms with Crippen LogP contribution >= 0.6 is 0 Å². The van der Waals surface area contributed by atoms with Crippen molar-refractivity contribution in [1.82, 2.24) is 20.0 Å². The Hall–Kier alpha value is -0.420. The summed E-state index contributed by atoms with van der Waals surface area (Å²) >= 11 is 0. The van der Waals surface area contributed by atoms with Crippen molar-refractivity contribution in [2.24, 2.45) is 23.7 Å². The number of likely N-dealkylation sites (N-methyl/N-ethyl adjacent to an activating group) is 3. The van der Waals surface area contributed by atoms with Crippen molar-refractivity contribution in [3.63, 3.8) is 0 Å². The van der Waals surface area contributed by atoms with Gasteiger partial charge in [-0.15, -0.1) is 0 Å². The molecule has 0 aromatic heterocycles. The van der Waals surface area contributed by atoms with Crippen molar-refractivity contribution in [3.8, 4) is 0 Å². The van der Waals surface area contributed by atoms with Crippen LogP contribution in [0.4, 0.5) is 0 Å². The van der Waals surface area contributed by atoms with Gasteiger partial charge in [-0.3, -0.25) is 20.0 Å². The van der Waals surface area contributed by atoms with Gasteiger partial charge in [-0.1, -0.05) is 69.9 Å². The Labute approximate surface area is 248 Å². The van der Waals surface area contributed by atoms with Crippen molar-refractivity contribution < 1.29 is 0 Å². The number of rotatable bonds is 5. The lowest BCUT2D eigenvalue weighted by Gasteiger charge is -2.55. The second kappa shape index (κ2) is 11.6. The molecule has 0 spiro atoms. The molecule has 4 nitrogen and oxygen atoms in total. The van der Waals surface area contributed by atoms with Crippen LogP contribution in [-0.2, 0) is 0 Å². The maximum atomic E-state index is 4.61. The van der Waals surface area contributed by atoms with Gasteiger partial charge in [-0.2, -0.15) is 0 Å². The topological polar surface area (TPSA) is 21.8 Å². The molecular formula is C36H64N4. The lowest BCUT2D eigenvalue weighted by atomic mass is 9.68. The van der Waals surface area contributed by atoms with E-state index in [2.05, 4.69) is 74.1 Å². The fraction of sp³-hybridized carbons (Fsp3) is 0.944. The molecule has 2 saturated heterocycles. The van der Waals surface area contributed by atoms with Gasteiger partial charge in [-0.25, -0.2) is 0 Å². The maximum Gasteiger partial charge on any atom is 0.103 e. The molecule has 0 bridgehead atoms. The van der Waals surface area contributed by atoms with Crippen LogP contribution in [0.5, 0.6) is 0 Å². The molecular weight excluding hydrogens is 488 g/mol. The van der Waals surface area contributed by atoms with Crippen LogP contribution in [0.1, 0.15) is 136 Å². The highest BCUT2D eigenvalue weighted by molar-refractivity contribution is 5.24. The Bertz CT molecular complexity index is 853. The molecule has 40 heavy (non-hydrogen) atoms. The van der Waals surface area contributed by atoms with E-state index < -0.39 is 0 Å². The van der Waals surface area contributed by atoms with E-state index in [4.69, 9.17) is 0 Å². The van der Waals surface area contributed by atoms with Gasteiger partial charge in [0.1, 0.15) is 11.3 Å². The van der Waals surface area contributed by atoms with Gasteiger partial charge in [0, 0.05) is 23.7 Å². The first-order chi connectivity index (χ1) is 19.2. The normalized spacial score (nSPS) is 46.0. The second-order valence-electron chi connectivity index (χ2n) is 15.9. The number of hydrogen-bond donors (Lipinski definition) is 1. The molecule has 2 heterocycles. The molecule has 4 heteroatoms. The quantitative estimate of drug-likeness (QED) is 0.351. The van der Waals surface area contributed by atoms with E-state index in [1.807, 2.05) is 0 Å². The molecule has 6 atom stereocenters. The van der Waals surface area contributed by atoms with Gasteiger partial charge in [-0.05, 0) is 123 Å². The van der Waals surface area contributed by atoms with E-state index in [1.165, 1.54) is 116 Å². The fourth-order valence-electron chi connectivity index (χ4n) is 11.9. The van der Waals surface area contributed by atoms with Crippen LogP contribution in [0, 0.1) is 23.7 Å². The van der Waals surface area contributed by atoms with Crippen LogP contribution in [0.25, 0.3) is 0 Å². The van der Waals surface area contributed by atoms with Crippen LogP contribution in [0.15, 0.2) is 12.2 Å². The highest BCUT2D eigenvalue weighted by atomic mass is 15.6. The summed E-state index contributed by atoms with van der Waals surface area (Å²) in [5.41, 5.74) is -0.0176. The second-order valence-corrected chi connectivity index (χ2v) is 15.9. The number of nitrogens with zero attached hydrogens (tertiary/aromatic N) is 3. The summed E-state index contributed by atoms with van der Waals surface area (Å²) in [7, 11) is 7.63. The monoisotopic (exact) mass is 553 g/mol. The lowest BCUT2D eigenvalue weighted by molar-refractivity contribution is -0.101. The zero-order valence-electron chi connectivity index (χ0n) is 27.3. The van der Waals surface area contributed by atoms with Crippen LogP contribution in [-0.4, -0.2) is 70.8 Å². The number of hydrogen-bond acceptors (Lipinski definition) is 4. The minimum atomic E-state index is -0.106. The molecule has 0 aromatic rings. The van der Waals surface area contributed by atoms with Crippen LogP contribution < -0.4 is 5.32 Å². The summed E-state index contributed by atoms with van der Waals surface area (Å²) in [4.78, 5) is 8.84. The standard InChI is InChI=1S/C36H64N4/c1-34(30-25-17-10-18-26-30)33(29-23-15-9-16-24-29)40(6)35(2,37-34)36(3)38(4)31(27-19-11-7-12-20-27)32(39(36)5)28-21-13-8-14-22-28/h10,17,27-33,37H,7-9,11-16,18-26H2,1-6H3. The molecule has 6 aliphatic rings. The first-order valence-electron chi connectivity index (χ1n) is 17.9. The Morgan fingerprint density at radius 1 is 0.575 bits per heavy atom. The van der Waals surface area contributed by atoms with Gasteiger partial charge in [0.25, 0.3) is 0 Å². The van der Waals surface area contributed by atoms with Gasteiger partial charge < -0.3 is 0 Å². The summed E-state index contributed by atoms with van der Waals surface area (Å²) in [5, 5.41) is 4.61. The Morgan fingerprint density at radius 2 is 1.05 bits per heavy atom. The van der Waals surface area contributed by atoms with Gasteiger partial charge in [0.05, 0.1) is 0 Å². The van der Waals surface area contributed by atoms with Crippen molar-refractivity contribution >= 4 is 0 Å². The third kappa shape index (κ3) is 4.60. The van der Waals surface area contributed by atoms with E-state index >= 15 is 0 Å². The third-order valence-corrected chi connectivity index (χ3v) is 14.3. The zero-order valence-corrected chi connectivity index (χ0v) is 27.3. The van der Waals surface area contributed by atoms with Crippen molar-refractivity contribution in [1.29, 1.82) is 0 Å². The molecule has 0 aromatic carbocycles. The summed E-state index contributed by atoms with van der Waals surface area (Å²) in [6, 6.07) is 1.97. The minimum absolute atomic E-state index is 0.0544. The maximum absolute atomic E-state index is 4.61. The summed E-state index contributed by atoms with van der Waals surface area (Å²) in [6.45, 7) is 7.94. The molecule has 1 N–H and O–H groups in total. The van der Waals surface area contributed by atoms with Crippen LogP contribution in [0.2, 0.25) is 0 Å². The predicted octanol–water partition coefficient (Wildman–Crippen LogP) is 7.79. The third-order valence-electron chi connectivity index (χ3n) is 14.3. The van der Waals surface area contributed by atoms with E-state index in [0.29, 0.717) is 18.1 Å². The molecule has 6 rings (SSSR count). The van der Waals surface area contributed by atoms with E-state index in [9.17, 15) is 0 Å². The van der Waals surface area contributed by atoms with Gasteiger partial charge in [0.2, 0.25) is 0 Å². The molecule has 3 saturated carbocycles. The van der Waals surface area contributed by atoms with Crippen LogP contribution in [0.3, 0.4) is 0 Å². The lowest BCUT2D eigenvalue weighted by Crippen LogP contribution is -2.74. The number of allylic oxidation sites excluding steroid dienone is 2. The molecule has 2 aliphatic heterocycles. The van der Waals surface area contributed by atoms with Gasteiger partial charge >= 0.3 is 0 Å². The zero-order chi connectivity index (χ0) is 28.1. The first kappa shape index (κ1) is 29.6. The predicted molar refractivity (Wildman–Crippen MR) is 169 cm³/mol. The highest BCUT2D eigenvalue weighted by Gasteiger charge is 2.70. The van der Waals surface area contributed by atoms with Crippen molar-refractivity contribution in [2.45, 2.75) is 171 Å². The van der Waals surface area contributed by atoms with E-state index in [-0.39, 0.29) is 16.9 Å². The Morgan fingerprint density at radius 3 is 1.50 bits per heavy atom. The largest absolute Gasteiger partial charge is 0.290 e. The highest BCUT2D eigenvalue weighted by Crippen LogP contribution is 2.55. The molecule has 0 amide bonds. The van der Waals surface area contributed by atoms with Crippen molar-refractivity contribution in [3.05, 3.63) is 12.2 Å². The van der Waals surface area contributed by atoms with Gasteiger partial charge in [0.15, 0.2) is 0 Å². The minimum Gasteiger partial charge on any atom is -0.290 e. The SMILES string of the molecule is CN1C(C2CCCCC2)C(C)(C2CC=CCC2)NC1(C)C1(C)N(C)C(C2CCCCC2)C(C2CCCCC2)N1C. The molecule has 5 fully saturated rings. The average molecular weight is 553 g/mol. The molecule has 228 valence electrons. The Balaban J connectivity index is 1.40. The summed E-state index contributed by atoms with van der Waals surface area (Å²) in [5.74, 6) is 3.24. The summed E-state index contributed by atoms with van der Waals surface area (Å²) in [6.07, 6.45) is 30.4. The van der Waals surface area contributed by atoms with Crippen molar-refractivity contribution in [2.75, 3.05) is 21.1 Å². The molecule has 0 radical (unpaired) electrons.